The van der Waals surface area contributed by atoms with Crippen LogP contribution in [0.3, 0.4) is 0 Å². The first kappa shape index (κ1) is 18.1. The second-order valence-corrected chi connectivity index (χ2v) is 9.18. The predicted octanol–water partition coefficient (Wildman–Crippen LogP) is 4.30. The number of hydrogen-bond acceptors (Lipinski definition) is 4. The molecule has 1 aromatic heterocycles. The summed E-state index contributed by atoms with van der Waals surface area (Å²) in [6, 6.07) is 14.9. The molecule has 5 heteroatoms. The molecule has 2 aromatic carbocycles. The lowest BCUT2D eigenvalue weighted by Gasteiger charge is -2.48. The Morgan fingerprint density at radius 3 is 2.60 bits per heavy atom. The predicted molar refractivity (Wildman–Crippen MR) is 118 cm³/mol. The highest BCUT2D eigenvalue weighted by Gasteiger charge is 2.41. The molecule has 1 N–H and O–H groups in total. The van der Waals surface area contributed by atoms with E-state index >= 15 is 0 Å². The van der Waals surface area contributed by atoms with Crippen molar-refractivity contribution in [3.8, 4) is 17.0 Å². The smallest absolute Gasteiger partial charge is 0.272 e. The van der Waals surface area contributed by atoms with Gasteiger partial charge in [-0.1, -0.05) is 24.6 Å². The fraction of sp³-hybridized carbons (Fsp3) is 0.440. The van der Waals surface area contributed by atoms with Crippen molar-refractivity contribution < 1.29 is 4.74 Å². The monoisotopic (exact) mass is 401 g/mol. The van der Waals surface area contributed by atoms with E-state index in [2.05, 4.69) is 33.3 Å². The van der Waals surface area contributed by atoms with Crippen LogP contribution >= 0.6 is 0 Å². The van der Waals surface area contributed by atoms with Crippen molar-refractivity contribution in [2.75, 3.05) is 13.1 Å². The van der Waals surface area contributed by atoms with E-state index in [9.17, 15) is 4.79 Å². The number of piperidine rings is 1. The van der Waals surface area contributed by atoms with Crippen LogP contribution in [0.2, 0.25) is 0 Å². The average molecular weight is 402 g/mol. The standard InChI is InChI=1S/C25H27N3O2/c29-24-21-7-2-1-6-20(21)23(26-27-24)18-8-9-22-17(16-18)10-11-25(30-22)12-14-28(15-13-25)19-4-3-5-19/h1-2,6-9,16,19H,3-5,10-15H2,(H,27,29). The molecule has 0 radical (unpaired) electrons. The molecule has 1 aliphatic carbocycles. The lowest BCUT2D eigenvalue weighted by molar-refractivity contribution is -0.0336. The van der Waals surface area contributed by atoms with E-state index in [4.69, 9.17) is 4.74 Å². The molecule has 30 heavy (non-hydrogen) atoms. The third-order valence-corrected chi connectivity index (χ3v) is 7.51. The Hall–Kier alpha value is -2.66. The molecule has 0 bridgehead atoms. The first-order valence-electron chi connectivity index (χ1n) is 11.2. The Bertz CT molecular complexity index is 1160. The molecule has 3 heterocycles. The highest BCUT2D eigenvalue weighted by atomic mass is 16.5. The van der Waals surface area contributed by atoms with Gasteiger partial charge in [0.1, 0.15) is 11.4 Å². The number of likely N-dealkylation sites (tertiary alicyclic amines) is 1. The molecule has 0 atom stereocenters. The lowest BCUT2D eigenvalue weighted by Crippen LogP contribution is -2.53. The van der Waals surface area contributed by atoms with Gasteiger partial charge in [-0.25, -0.2) is 5.10 Å². The quantitative estimate of drug-likeness (QED) is 0.695. The van der Waals surface area contributed by atoms with Crippen LogP contribution in [0.1, 0.15) is 44.1 Å². The number of hydrogen-bond donors (Lipinski definition) is 1. The zero-order valence-electron chi connectivity index (χ0n) is 17.2. The summed E-state index contributed by atoms with van der Waals surface area (Å²) in [7, 11) is 0. The SMILES string of the molecule is O=c1[nH]nc(-c2ccc3c(c2)CCC2(CCN(C4CCC4)CC2)O3)c2ccccc12. The maximum Gasteiger partial charge on any atom is 0.272 e. The molecule has 3 aliphatic rings. The Morgan fingerprint density at radius 2 is 1.83 bits per heavy atom. The number of nitrogens with one attached hydrogen (secondary N) is 1. The van der Waals surface area contributed by atoms with Gasteiger partial charge in [0.25, 0.3) is 5.56 Å². The minimum atomic E-state index is -0.147. The number of aromatic nitrogens is 2. The van der Waals surface area contributed by atoms with Crippen LogP contribution in [0.25, 0.3) is 22.0 Å². The number of aromatic amines is 1. The summed E-state index contributed by atoms with van der Waals surface area (Å²) in [5, 5.41) is 8.57. The second kappa shape index (κ2) is 6.95. The number of fused-ring (bicyclic) bond motifs is 2. The Labute approximate surface area is 176 Å². The summed E-state index contributed by atoms with van der Waals surface area (Å²) < 4.78 is 6.63. The van der Waals surface area contributed by atoms with Crippen molar-refractivity contribution in [2.45, 2.75) is 56.6 Å². The topological polar surface area (TPSA) is 58.2 Å². The highest BCUT2D eigenvalue weighted by Crippen LogP contribution is 2.42. The molecule has 6 rings (SSSR count). The van der Waals surface area contributed by atoms with Gasteiger partial charge in [-0.3, -0.25) is 4.79 Å². The summed E-state index contributed by atoms with van der Waals surface area (Å²) in [5.74, 6) is 1.02. The summed E-state index contributed by atoms with van der Waals surface area (Å²) in [6.07, 6.45) is 8.56. The van der Waals surface area contributed by atoms with E-state index in [0.717, 1.165) is 54.1 Å². The van der Waals surface area contributed by atoms with Gasteiger partial charge in [0, 0.05) is 30.1 Å². The highest BCUT2D eigenvalue weighted by molar-refractivity contribution is 5.93. The molecule has 0 amide bonds. The van der Waals surface area contributed by atoms with Crippen LogP contribution in [0, 0.1) is 0 Å². The third kappa shape index (κ3) is 2.95. The number of aryl methyl sites for hydroxylation is 1. The minimum absolute atomic E-state index is 0.0116. The average Bonchev–Trinajstić information content (AvgIpc) is 2.75. The van der Waals surface area contributed by atoms with E-state index in [0.29, 0.717) is 5.39 Å². The van der Waals surface area contributed by atoms with Crippen LogP contribution in [0.5, 0.6) is 5.75 Å². The van der Waals surface area contributed by atoms with Gasteiger partial charge in [-0.05, 0) is 68.4 Å². The molecule has 3 aromatic rings. The number of rotatable bonds is 2. The molecular weight excluding hydrogens is 374 g/mol. The largest absolute Gasteiger partial charge is 0.487 e. The molecular formula is C25H27N3O2. The summed E-state index contributed by atoms with van der Waals surface area (Å²) in [4.78, 5) is 14.8. The molecule has 2 aliphatic heterocycles. The van der Waals surface area contributed by atoms with E-state index in [1.165, 1.54) is 37.9 Å². The van der Waals surface area contributed by atoms with Crippen molar-refractivity contribution >= 4 is 10.8 Å². The van der Waals surface area contributed by atoms with E-state index in [1.54, 1.807) is 0 Å². The first-order chi connectivity index (χ1) is 14.7. The lowest BCUT2D eigenvalue weighted by atomic mass is 9.81. The van der Waals surface area contributed by atoms with E-state index in [-0.39, 0.29) is 11.2 Å². The number of ether oxygens (including phenoxy) is 1. The fourth-order valence-corrected chi connectivity index (χ4v) is 5.40. The zero-order chi connectivity index (χ0) is 20.1. The maximum atomic E-state index is 12.1. The van der Waals surface area contributed by atoms with E-state index < -0.39 is 0 Å². The van der Waals surface area contributed by atoms with Gasteiger partial charge in [0.05, 0.1) is 11.1 Å². The van der Waals surface area contributed by atoms with Gasteiger partial charge in [-0.15, -0.1) is 0 Å². The molecule has 1 saturated heterocycles. The van der Waals surface area contributed by atoms with Gasteiger partial charge >= 0.3 is 0 Å². The van der Waals surface area contributed by atoms with Gasteiger partial charge in [0.15, 0.2) is 0 Å². The Balaban J connectivity index is 1.27. The van der Waals surface area contributed by atoms with Crippen LogP contribution in [0.4, 0.5) is 0 Å². The number of nitrogens with zero attached hydrogens (tertiary/aromatic N) is 2. The molecule has 2 fully saturated rings. The molecule has 154 valence electrons. The van der Waals surface area contributed by atoms with Crippen LogP contribution < -0.4 is 10.3 Å². The summed E-state index contributed by atoms with van der Waals surface area (Å²) >= 11 is 0. The first-order valence-corrected chi connectivity index (χ1v) is 11.2. The minimum Gasteiger partial charge on any atom is -0.487 e. The second-order valence-electron chi connectivity index (χ2n) is 9.18. The molecule has 1 saturated carbocycles. The van der Waals surface area contributed by atoms with E-state index in [1.807, 2.05) is 24.3 Å². The van der Waals surface area contributed by atoms with Crippen LogP contribution in [-0.2, 0) is 6.42 Å². The Kier molecular flexibility index (Phi) is 4.20. The normalized spacial score (nSPS) is 21.2. The molecule has 0 unspecified atom stereocenters. The van der Waals surface area contributed by atoms with Crippen LogP contribution in [0.15, 0.2) is 47.3 Å². The van der Waals surface area contributed by atoms with Gasteiger partial charge in [0.2, 0.25) is 0 Å². The summed E-state index contributed by atoms with van der Waals surface area (Å²) in [5.41, 5.74) is 2.96. The molecule has 5 nitrogen and oxygen atoms in total. The van der Waals surface area contributed by atoms with Crippen molar-refractivity contribution in [2.24, 2.45) is 0 Å². The number of benzene rings is 2. The van der Waals surface area contributed by atoms with Gasteiger partial charge < -0.3 is 9.64 Å². The maximum absolute atomic E-state index is 12.1. The summed E-state index contributed by atoms with van der Waals surface area (Å²) in [6.45, 7) is 2.34. The number of H-pyrrole nitrogens is 1. The van der Waals surface area contributed by atoms with Gasteiger partial charge in [-0.2, -0.15) is 5.10 Å². The van der Waals surface area contributed by atoms with Crippen molar-refractivity contribution in [3.63, 3.8) is 0 Å². The Morgan fingerprint density at radius 1 is 1.03 bits per heavy atom. The van der Waals surface area contributed by atoms with Crippen molar-refractivity contribution in [3.05, 3.63) is 58.4 Å². The van der Waals surface area contributed by atoms with Crippen LogP contribution in [-0.4, -0.2) is 39.8 Å². The fourth-order valence-electron chi connectivity index (χ4n) is 5.40. The third-order valence-electron chi connectivity index (χ3n) is 7.51. The van der Waals surface area contributed by atoms with Crippen molar-refractivity contribution in [1.29, 1.82) is 0 Å². The zero-order valence-corrected chi connectivity index (χ0v) is 17.2. The van der Waals surface area contributed by atoms with Crippen molar-refractivity contribution in [1.82, 2.24) is 15.1 Å². The molecule has 1 spiro atoms.